The van der Waals surface area contributed by atoms with Gasteiger partial charge in [0.2, 0.25) is 0 Å². The minimum absolute atomic E-state index is 0.0498. The van der Waals surface area contributed by atoms with E-state index >= 15 is 0 Å². The standard InChI is InChI=1S/C28H31N5O/c1-28(14-21(15-28)16-32-11-6-12-32)33-17-24(25-26(29)30-19-31-27(25)33)22-9-5-10-23(13-22)34-18-20-7-3-2-4-8-20/h2-5,7-10,13,17,19,21H,6,11-12,14-16,18H2,1H3,(H2,29,30,31). The van der Waals surface area contributed by atoms with Crippen molar-refractivity contribution >= 4 is 16.9 Å². The molecular weight excluding hydrogens is 422 g/mol. The summed E-state index contributed by atoms with van der Waals surface area (Å²) >= 11 is 0. The number of nitrogens with two attached hydrogens (primary N) is 1. The number of likely N-dealkylation sites (tertiary alicyclic amines) is 1. The first kappa shape index (κ1) is 21.2. The highest BCUT2D eigenvalue weighted by atomic mass is 16.5. The van der Waals surface area contributed by atoms with E-state index in [9.17, 15) is 0 Å². The highest BCUT2D eigenvalue weighted by Crippen LogP contribution is 2.48. The molecule has 1 aliphatic heterocycles. The summed E-state index contributed by atoms with van der Waals surface area (Å²) < 4.78 is 8.44. The van der Waals surface area contributed by atoms with Crippen LogP contribution in [0.1, 0.15) is 31.7 Å². The van der Waals surface area contributed by atoms with Crippen LogP contribution in [0.4, 0.5) is 5.82 Å². The summed E-state index contributed by atoms with van der Waals surface area (Å²) in [5, 5.41) is 0.926. The van der Waals surface area contributed by atoms with Gasteiger partial charge in [0.05, 0.1) is 5.39 Å². The number of nitrogens with zero attached hydrogens (tertiary/aromatic N) is 4. The Morgan fingerprint density at radius 3 is 2.65 bits per heavy atom. The molecular formula is C28H31N5O. The minimum Gasteiger partial charge on any atom is -0.489 e. The summed E-state index contributed by atoms with van der Waals surface area (Å²) in [5.41, 5.74) is 10.6. The molecule has 1 saturated carbocycles. The van der Waals surface area contributed by atoms with Crippen molar-refractivity contribution in [3.8, 4) is 16.9 Å². The molecule has 0 spiro atoms. The third-order valence-electron chi connectivity index (χ3n) is 7.51. The Kier molecular flexibility index (Phi) is 5.26. The average Bonchev–Trinajstić information content (AvgIpc) is 3.21. The van der Waals surface area contributed by atoms with Crippen LogP contribution in [0.2, 0.25) is 0 Å². The molecule has 6 nitrogen and oxygen atoms in total. The van der Waals surface area contributed by atoms with Crippen LogP contribution in [-0.2, 0) is 12.1 Å². The van der Waals surface area contributed by atoms with Gasteiger partial charge in [-0.2, -0.15) is 0 Å². The second-order valence-corrected chi connectivity index (χ2v) is 10.1. The topological polar surface area (TPSA) is 69.2 Å². The summed E-state index contributed by atoms with van der Waals surface area (Å²) in [5.74, 6) is 2.11. The van der Waals surface area contributed by atoms with Crippen LogP contribution < -0.4 is 10.5 Å². The van der Waals surface area contributed by atoms with Gasteiger partial charge in [-0.25, -0.2) is 9.97 Å². The highest BCUT2D eigenvalue weighted by molar-refractivity contribution is 6.00. The zero-order valence-electron chi connectivity index (χ0n) is 19.7. The third kappa shape index (κ3) is 3.82. The fourth-order valence-corrected chi connectivity index (χ4v) is 5.65. The van der Waals surface area contributed by atoms with E-state index < -0.39 is 0 Å². The van der Waals surface area contributed by atoms with Crippen molar-refractivity contribution in [2.45, 2.75) is 38.3 Å². The monoisotopic (exact) mass is 453 g/mol. The molecule has 2 N–H and O–H groups in total. The molecule has 4 aromatic rings. The van der Waals surface area contributed by atoms with Gasteiger partial charge >= 0.3 is 0 Å². The predicted molar refractivity (Wildman–Crippen MR) is 136 cm³/mol. The van der Waals surface area contributed by atoms with Crippen LogP contribution in [0.25, 0.3) is 22.2 Å². The average molecular weight is 454 g/mol. The number of nitrogen functional groups attached to an aromatic ring is 1. The molecule has 6 heteroatoms. The molecule has 2 fully saturated rings. The number of anilines is 1. The Balaban J connectivity index is 1.30. The quantitative estimate of drug-likeness (QED) is 0.422. The molecule has 2 aromatic heterocycles. The fourth-order valence-electron chi connectivity index (χ4n) is 5.65. The lowest BCUT2D eigenvalue weighted by Crippen LogP contribution is -2.50. The number of fused-ring (bicyclic) bond motifs is 1. The van der Waals surface area contributed by atoms with Gasteiger partial charge in [0.25, 0.3) is 0 Å². The molecule has 1 aliphatic carbocycles. The lowest BCUT2D eigenvalue weighted by Gasteiger charge is -2.49. The van der Waals surface area contributed by atoms with E-state index in [1.807, 2.05) is 30.3 Å². The molecule has 0 radical (unpaired) electrons. The largest absolute Gasteiger partial charge is 0.489 e. The Morgan fingerprint density at radius 1 is 1.06 bits per heavy atom. The first-order valence-electron chi connectivity index (χ1n) is 12.2. The first-order chi connectivity index (χ1) is 16.6. The zero-order valence-corrected chi connectivity index (χ0v) is 19.7. The zero-order chi connectivity index (χ0) is 23.1. The Morgan fingerprint density at radius 2 is 1.88 bits per heavy atom. The van der Waals surface area contributed by atoms with Gasteiger partial charge in [0.15, 0.2) is 0 Å². The number of hydrogen-bond acceptors (Lipinski definition) is 5. The minimum atomic E-state index is 0.0498. The molecule has 2 aliphatic rings. The van der Waals surface area contributed by atoms with Crippen molar-refractivity contribution in [1.82, 2.24) is 19.4 Å². The van der Waals surface area contributed by atoms with Gasteiger partial charge < -0.3 is 19.9 Å². The smallest absolute Gasteiger partial charge is 0.146 e. The van der Waals surface area contributed by atoms with Crippen LogP contribution in [0.15, 0.2) is 67.1 Å². The summed E-state index contributed by atoms with van der Waals surface area (Å²) in [7, 11) is 0. The van der Waals surface area contributed by atoms with Crippen LogP contribution >= 0.6 is 0 Å². The summed E-state index contributed by atoms with van der Waals surface area (Å²) in [6, 6.07) is 18.5. The maximum Gasteiger partial charge on any atom is 0.146 e. The van der Waals surface area contributed by atoms with E-state index in [0.29, 0.717) is 12.4 Å². The molecule has 0 amide bonds. The summed E-state index contributed by atoms with van der Waals surface area (Å²) in [6.07, 6.45) is 7.48. The fraction of sp³-hybridized carbons (Fsp3) is 0.357. The Hall–Kier alpha value is -3.38. The van der Waals surface area contributed by atoms with Gasteiger partial charge in [-0.3, -0.25) is 0 Å². The van der Waals surface area contributed by atoms with Crippen LogP contribution in [0, 0.1) is 5.92 Å². The third-order valence-corrected chi connectivity index (χ3v) is 7.51. The van der Waals surface area contributed by atoms with Gasteiger partial charge in [-0.1, -0.05) is 42.5 Å². The number of rotatable bonds is 7. The molecule has 174 valence electrons. The molecule has 0 atom stereocenters. The van der Waals surface area contributed by atoms with Gasteiger partial charge in [0.1, 0.15) is 30.1 Å². The van der Waals surface area contributed by atoms with Crippen LogP contribution in [-0.4, -0.2) is 39.1 Å². The summed E-state index contributed by atoms with van der Waals surface area (Å²) in [4.78, 5) is 11.6. The maximum absolute atomic E-state index is 6.40. The van der Waals surface area contributed by atoms with Crippen molar-refractivity contribution in [2.24, 2.45) is 5.92 Å². The van der Waals surface area contributed by atoms with Crippen molar-refractivity contribution in [1.29, 1.82) is 0 Å². The second kappa shape index (κ2) is 8.44. The lowest BCUT2D eigenvalue weighted by atomic mass is 9.69. The first-order valence-corrected chi connectivity index (χ1v) is 12.2. The molecule has 6 rings (SSSR count). The van der Waals surface area contributed by atoms with E-state index in [-0.39, 0.29) is 5.54 Å². The molecule has 1 saturated heterocycles. The lowest BCUT2D eigenvalue weighted by molar-refractivity contribution is 0.0383. The van der Waals surface area contributed by atoms with Crippen molar-refractivity contribution < 1.29 is 4.74 Å². The molecule has 0 unspecified atom stereocenters. The molecule has 3 heterocycles. The highest BCUT2D eigenvalue weighted by Gasteiger charge is 2.43. The number of aromatic nitrogens is 3. The summed E-state index contributed by atoms with van der Waals surface area (Å²) in [6.45, 7) is 6.63. The van der Waals surface area contributed by atoms with E-state index in [4.69, 9.17) is 10.5 Å². The van der Waals surface area contributed by atoms with Crippen molar-refractivity contribution in [3.63, 3.8) is 0 Å². The van der Waals surface area contributed by atoms with Crippen molar-refractivity contribution in [2.75, 3.05) is 25.4 Å². The molecule has 34 heavy (non-hydrogen) atoms. The molecule has 0 bridgehead atoms. The van der Waals surface area contributed by atoms with Crippen LogP contribution in [0.3, 0.4) is 0 Å². The van der Waals surface area contributed by atoms with Gasteiger partial charge in [-0.05, 0) is 68.5 Å². The Bertz CT molecular complexity index is 1310. The number of benzene rings is 2. The SMILES string of the molecule is CC1(n2cc(-c3cccc(OCc4ccccc4)c3)c3c(N)ncnc32)CC(CN2CCC2)C1. The van der Waals surface area contributed by atoms with E-state index in [1.54, 1.807) is 6.33 Å². The van der Waals surface area contributed by atoms with E-state index in [1.165, 1.54) is 26.1 Å². The molecule has 2 aromatic carbocycles. The normalized spacial score (nSPS) is 22.3. The van der Waals surface area contributed by atoms with Crippen molar-refractivity contribution in [3.05, 3.63) is 72.7 Å². The van der Waals surface area contributed by atoms with Crippen LogP contribution in [0.5, 0.6) is 5.75 Å². The Labute approximate surface area is 200 Å². The van der Waals surface area contributed by atoms with E-state index in [2.05, 4.69) is 56.8 Å². The van der Waals surface area contributed by atoms with Gasteiger partial charge in [-0.15, -0.1) is 0 Å². The van der Waals surface area contributed by atoms with Gasteiger partial charge in [0, 0.05) is 23.8 Å². The maximum atomic E-state index is 6.40. The predicted octanol–water partition coefficient (Wildman–Crippen LogP) is 5.09. The number of hydrogen-bond donors (Lipinski definition) is 1. The second-order valence-electron chi connectivity index (χ2n) is 10.1. The number of ether oxygens (including phenoxy) is 1. The van der Waals surface area contributed by atoms with E-state index in [0.717, 1.165) is 52.2 Å².